The number of benzene rings is 1. The minimum atomic E-state index is -2.76. The van der Waals surface area contributed by atoms with Gasteiger partial charge in [0.05, 0.1) is 28.0 Å². The fourth-order valence-corrected chi connectivity index (χ4v) is 5.06. The summed E-state index contributed by atoms with van der Waals surface area (Å²) in [6.07, 6.45) is 4.02. The van der Waals surface area contributed by atoms with Crippen LogP contribution in [0, 0.1) is 18.3 Å². The van der Waals surface area contributed by atoms with Gasteiger partial charge in [-0.15, -0.1) is 0 Å². The molecule has 0 radical (unpaired) electrons. The number of amides is 2. The average molecular weight is 401 g/mol. The van der Waals surface area contributed by atoms with Crippen molar-refractivity contribution in [3.63, 3.8) is 0 Å². The van der Waals surface area contributed by atoms with Crippen LogP contribution in [-0.4, -0.2) is 52.1 Å². The van der Waals surface area contributed by atoms with E-state index < -0.39 is 15.6 Å². The van der Waals surface area contributed by atoms with Crippen molar-refractivity contribution >= 4 is 21.5 Å². The second kappa shape index (κ2) is 8.57. The van der Waals surface area contributed by atoms with E-state index in [9.17, 15) is 13.8 Å². The molecule has 1 unspecified atom stereocenters. The largest absolute Gasteiger partial charge is 0.488 e. The number of carbonyl (C=O) groups is 2. The highest BCUT2D eigenvalue weighted by Crippen LogP contribution is 2.17. The Balaban J connectivity index is 1.75. The van der Waals surface area contributed by atoms with E-state index in [4.69, 9.17) is 10.00 Å². The third kappa shape index (κ3) is 4.60. The highest BCUT2D eigenvalue weighted by atomic mass is 32.2. The minimum absolute atomic E-state index is 0.148. The molecule has 2 heterocycles. The summed E-state index contributed by atoms with van der Waals surface area (Å²) in [6.45, 7) is 3.05. The van der Waals surface area contributed by atoms with E-state index in [1.165, 1.54) is 6.07 Å². The Morgan fingerprint density at radius 3 is 2.79 bits per heavy atom. The zero-order valence-electron chi connectivity index (χ0n) is 15.8. The molecule has 0 N–H and O–H groups in total. The normalized spacial score (nSPS) is 22.3. The predicted octanol–water partition coefficient (Wildman–Crippen LogP) is 2.40. The summed E-state index contributed by atoms with van der Waals surface area (Å²) in [4.78, 5) is 26.7. The lowest BCUT2D eigenvalue weighted by atomic mass is 10.1. The van der Waals surface area contributed by atoms with E-state index in [-0.39, 0.29) is 29.5 Å². The molecule has 148 valence electrons. The fourth-order valence-electron chi connectivity index (χ4n) is 3.18. The Morgan fingerprint density at radius 2 is 2.07 bits per heavy atom. The summed E-state index contributed by atoms with van der Waals surface area (Å²) in [5.41, 5.74) is 1.42. The van der Waals surface area contributed by atoms with E-state index in [1.807, 2.05) is 6.07 Å². The number of hydrogen-bond acceptors (Lipinski definition) is 5. The average Bonchev–Trinajstić information content (AvgIpc) is 2.90. The monoisotopic (exact) mass is 401 g/mol. The van der Waals surface area contributed by atoms with Crippen molar-refractivity contribution in [2.75, 3.05) is 31.2 Å². The highest BCUT2D eigenvalue weighted by molar-refractivity contribution is 7.93. The van der Waals surface area contributed by atoms with Gasteiger partial charge in [0.2, 0.25) is 0 Å². The van der Waals surface area contributed by atoms with Crippen LogP contribution in [0.15, 0.2) is 34.4 Å². The molecular formula is C20H23N3O4S. The van der Waals surface area contributed by atoms with Gasteiger partial charge in [0.1, 0.15) is 0 Å². The number of hydrogen-bond donors (Lipinski definition) is 0. The Morgan fingerprint density at radius 1 is 1.25 bits per heavy atom. The number of ether oxygens (including phenoxy) is 1. The van der Waals surface area contributed by atoms with Crippen molar-refractivity contribution < 1.29 is 18.5 Å². The lowest BCUT2D eigenvalue weighted by Gasteiger charge is -2.23. The van der Waals surface area contributed by atoms with Gasteiger partial charge in [-0.2, -0.15) is 9.62 Å². The molecule has 7 nitrogen and oxygen atoms in total. The summed E-state index contributed by atoms with van der Waals surface area (Å²) in [5, 5.41) is 9.12. The molecule has 0 bridgehead atoms. The first kappa shape index (κ1) is 20.1. The Bertz CT molecular complexity index is 984. The first-order chi connectivity index (χ1) is 13.4. The van der Waals surface area contributed by atoms with E-state index in [1.54, 1.807) is 30.0 Å². The Kier molecular flexibility index (Phi) is 6.15. The molecule has 0 saturated carbocycles. The maximum absolute atomic E-state index is 13.1. The number of nitrogens with zero attached hydrogens (tertiary/aromatic N) is 3. The summed E-state index contributed by atoms with van der Waals surface area (Å²) >= 11 is 0. The van der Waals surface area contributed by atoms with Gasteiger partial charge in [-0.1, -0.05) is 6.07 Å². The zero-order valence-corrected chi connectivity index (χ0v) is 16.7. The number of nitriles is 1. The molecule has 1 aromatic rings. The van der Waals surface area contributed by atoms with Crippen LogP contribution in [0.5, 0.6) is 0 Å². The molecule has 2 aliphatic rings. The van der Waals surface area contributed by atoms with Crippen LogP contribution in [0.4, 0.5) is 0 Å². The Hall–Kier alpha value is -2.66. The number of allylic oxidation sites excluding steroid dienone is 1. The van der Waals surface area contributed by atoms with Crippen LogP contribution in [0.3, 0.4) is 0 Å². The SMILES string of the molecule is Cc1ccc(C(=O)N=S2(=O)CCCN(C(=O)C3=CCCCO3)CC2)cc1C#N. The molecule has 8 heteroatoms. The Labute approximate surface area is 165 Å². The molecule has 1 atom stereocenters. The van der Waals surface area contributed by atoms with Crippen LogP contribution in [-0.2, 0) is 19.3 Å². The second-order valence-electron chi connectivity index (χ2n) is 6.92. The summed E-state index contributed by atoms with van der Waals surface area (Å²) in [5.74, 6) is -0.00322. The van der Waals surface area contributed by atoms with Crippen molar-refractivity contribution in [1.29, 1.82) is 5.26 Å². The molecule has 2 aliphatic heterocycles. The van der Waals surface area contributed by atoms with E-state index >= 15 is 0 Å². The smallest absolute Gasteiger partial charge is 0.288 e. The quantitative estimate of drug-likeness (QED) is 0.758. The van der Waals surface area contributed by atoms with Crippen molar-refractivity contribution in [3.8, 4) is 6.07 Å². The molecule has 1 aromatic carbocycles. The predicted molar refractivity (Wildman–Crippen MR) is 105 cm³/mol. The molecule has 28 heavy (non-hydrogen) atoms. The molecular weight excluding hydrogens is 378 g/mol. The molecule has 0 spiro atoms. The molecule has 0 aromatic heterocycles. The van der Waals surface area contributed by atoms with Gasteiger partial charge in [-0.05, 0) is 50.0 Å². The van der Waals surface area contributed by atoms with Crippen LogP contribution in [0.2, 0.25) is 0 Å². The zero-order chi connectivity index (χ0) is 20.1. The first-order valence-corrected chi connectivity index (χ1v) is 11.2. The maximum atomic E-state index is 13.1. The minimum Gasteiger partial charge on any atom is -0.488 e. The van der Waals surface area contributed by atoms with E-state index in [2.05, 4.69) is 4.36 Å². The fraction of sp³-hybridized carbons (Fsp3) is 0.450. The number of carbonyl (C=O) groups excluding carboxylic acids is 2. The summed E-state index contributed by atoms with van der Waals surface area (Å²) in [7, 11) is -2.76. The van der Waals surface area contributed by atoms with Gasteiger partial charge in [0.15, 0.2) is 5.76 Å². The van der Waals surface area contributed by atoms with E-state index in [0.29, 0.717) is 30.9 Å². The van der Waals surface area contributed by atoms with Gasteiger partial charge < -0.3 is 9.64 Å². The number of aryl methyl sites for hydroxylation is 1. The molecule has 0 aliphatic carbocycles. The third-order valence-corrected chi connectivity index (χ3v) is 7.11. The van der Waals surface area contributed by atoms with Gasteiger partial charge >= 0.3 is 0 Å². The van der Waals surface area contributed by atoms with Crippen molar-refractivity contribution in [3.05, 3.63) is 46.7 Å². The number of rotatable bonds is 2. The van der Waals surface area contributed by atoms with Crippen LogP contribution in [0.25, 0.3) is 0 Å². The van der Waals surface area contributed by atoms with Crippen LogP contribution in [0.1, 0.15) is 40.7 Å². The van der Waals surface area contributed by atoms with E-state index in [0.717, 1.165) is 18.4 Å². The van der Waals surface area contributed by atoms with Crippen molar-refractivity contribution in [2.24, 2.45) is 4.36 Å². The van der Waals surface area contributed by atoms with Gasteiger partial charge in [0, 0.05) is 30.2 Å². The third-order valence-electron chi connectivity index (χ3n) is 4.86. The van der Waals surface area contributed by atoms with Gasteiger partial charge in [-0.25, -0.2) is 4.21 Å². The molecule has 1 saturated heterocycles. The van der Waals surface area contributed by atoms with Crippen molar-refractivity contribution in [1.82, 2.24) is 4.90 Å². The topological polar surface area (TPSA) is 99.8 Å². The van der Waals surface area contributed by atoms with Crippen molar-refractivity contribution in [2.45, 2.75) is 26.2 Å². The standard InChI is InChI=1S/C20H23N3O4S/c1-15-6-7-16(13-17(15)14-21)19(24)22-28(26)11-4-8-23(9-12-28)20(25)18-5-2-3-10-27-18/h5-7,13H,2-4,8-12H2,1H3. The van der Waals surface area contributed by atoms with Crippen LogP contribution >= 0.6 is 0 Å². The molecule has 1 fully saturated rings. The lowest BCUT2D eigenvalue weighted by Crippen LogP contribution is -2.35. The molecule has 2 amide bonds. The van der Waals surface area contributed by atoms with Gasteiger partial charge in [-0.3, -0.25) is 9.59 Å². The summed E-state index contributed by atoms with van der Waals surface area (Å²) < 4.78 is 22.6. The van der Waals surface area contributed by atoms with Gasteiger partial charge in [0.25, 0.3) is 11.8 Å². The highest BCUT2D eigenvalue weighted by Gasteiger charge is 2.26. The summed E-state index contributed by atoms with van der Waals surface area (Å²) in [6, 6.07) is 6.78. The maximum Gasteiger partial charge on any atom is 0.288 e. The van der Waals surface area contributed by atoms with Crippen LogP contribution < -0.4 is 0 Å². The lowest BCUT2D eigenvalue weighted by molar-refractivity contribution is -0.130. The second-order valence-corrected chi connectivity index (χ2v) is 9.47. The first-order valence-electron chi connectivity index (χ1n) is 9.32. The molecule has 3 rings (SSSR count).